The van der Waals surface area contributed by atoms with E-state index in [1.165, 1.54) is 11.8 Å². The summed E-state index contributed by atoms with van der Waals surface area (Å²) in [4.78, 5) is 17.1. The van der Waals surface area contributed by atoms with E-state index in [1.54, 1.807) is 6.26 Å². The van der Waals surface area contributed by atoms with Gasteiger partial charge in [-0.15, -0.1) is 10.2 Å². The third-order valence-electron chi connectivity index (χ3n) is 5.52. The molecule has 7 nitrogen and oxygen atoms in total. The molecule has 1 aliphatic heterocycles. The Balaban J connectivity index is 1.26. The van der Waals surface area contributed by atoms with Crippen LogP contribution in [0.15, 0.2) is 82.6 Å². The third-order valence-corrected chi connectivity index (χ3v) is 6.67. The van der Waals surface area contributed by atoms with Crippen molar-refractivity contribution in [1.82, 2.24) is 19.7 Å². The number of furan rings is 1. The van der Waals surface area contributed by atoms with Crippen LogP contribution in [0.2, 0.25) is 5.02 Å². The first kappa shape index (κ1) is 21.6. The number of carbonyl (C=O) groups is 1. The minimum atomic E-state index is 0.0907. The maximum Gasteiger partial charge on any atom is 0.233 e. The summed E-state index contributed by atoms with van der Waals surface area (Å²) in [6.45, 7) is 2.91. The lowest BCUT2D eigenvalue weighted by Crippen LogP contribution is -2.49. The van der Waals surface area contributed by atoms with Crippen molar-refractivity contribution in [2.75, 3.05) is 36.8 Å². The average molecular weight is 480 g/mol. The maximum atomic E-state index is 12.9. The van der Waals surface area contributed by atoms with E-state index < -0.39 is 0 Å². The number of amides is 1. The summed E-state index contributed by atoms with van der Waals surface area (Å²) in [5, 5.41) is 10.1. The molecule has 5 rings (SSSR count). The number of hydrogen-bond donors (Lipinski definition) is 0. The lowest BCUT2D eigenvalue weighted by molar-refractivity contribution is -0.128. The first-order valence-electron chi connectivity index (χ1n) is 10.6. The minimum absolute atomic E-state index is 0.0907. The molecule has 1 saturated heterocycles. The second-order valence-electron chi connectivity index (χ2n) is 7.59. The van der Waals surface area contributed by atoms with Gasteiger partial charge < -0.3 is 14.2 Å². The zero-order chi connectivity index (χ0) is 22.6. The van der Waals surface area contributed by atoms with Gasteiger partial charge in [0.2, 0.25) is 11.7 Å². The number of hydrogen-bond acceptors (Lipinski definition) is 6. The molecule has 3 heterocycles. The highest BCUT2D eigenvalue weighted by Gasteiger charge is 2.23. The molecule has 4 aromatic rings. The zero-order valence-corrected chi connectivity index (χ0v) is 19.4. The van der Waals surface area contributed by atoms with Gasteiger partial charge >= 0.3 is 0 Å². The second kappa shape index (κ2) is 9.72. The van der Waals surface area contributed by atoms with Crippen molar-refractivity contribution < 1.29 is 9.21 Å². The van der Waals surface area contributed by atoms with Gasteiger partial charge in [-0.05, 0) is 42.5 Å². The molecule has 0 spiro atoms. The quantitative estimate of drug-likeness (QED) is 0.376. The van der Waals surface area contributed by atoms with Crippen molar-refractivity contribution in [3.05, 3.63) is 78.0 Å². The molecule has 0 saturated carbocycles. The van der Waals surface area contributed by atoms with Gasteiger partial charge in [0, 0.05) is 42.6 Å². The summed E-state index contributed by atoms with van der Waals surface area (Å²) in [5.41, 5.74) is 2.00. The number of benzene rings is 2. The summed E-state index contributed by atoms with van der Waals surface area (Å²) in [6.07, 6.45) is 1.61. The molecule has 0 atom stereocenters. The molecule has 0 unspecified atom stereocenters. The predicted molar refractivity (Wildman–Crippen MR) is 130 cm³/mol. The van der Waals surface area contributed by atoms with Crippen molar-refractivity contribution in [1.29, 1.82) is 0 Å². The highest BCUT2D eigenvalue weighted by Crippen LogP contribution is 2.28. The zero-order valence-electron chi connectivity index (χ0n) is 17.8. The number of carbonyl (C=O) groups excluding carboxylic acids is 1. The molecule has 0 bridgehead atoms. The fraction of sp³-hybridized carbons (Fsp3) is 0.208. The Labute approximate surface area is 201 Å². The number of rotatable bonds is 6. The molecule has 2 aromatic carbocycles. The van der Waals surface area contributed by atoms with Crippen LogP contribution in [0.3, 0.4) is 0 Å². The Kier molecular flexibility index (Phi) is 6.37. The number of nitrogens with zero attached hydrogens (tertiary/aromatic N) is 5. The molecule has 33 heavy (non-hydrogen) atoms. The van der Waals surface area contributed by atoms with Gasteiger partial charge in [0.05, 0.1) is 12.0 Å². The van der Waals surface area contributed by atoms with Crippen LogP contribution in [0.25, 0.3) is 17.3 Å². The smallest absolute Gasteiger partial charge is 0.233 e. The van der Waals surface area contributed by atoms with Gasteiger partial charge in [0.25, 0.3) is 0 Å². The number of anilines is 1. The number of para-hydroxylation sites is 1. The number of aromatic nitrogens is 3. The summed E-state index contributed by atoms with van der Waals surface area (Å²) in [7, 11) is 0. The fourth-order valence-electron chi connectivity index (χ4n) is 3.84. The Morgan fingerprint density at radius 2 is 1.73 bits per heavy atom. The maximum absolute atomic E-state index is 12.9. The van der Waals surface area contributed by atoms with E-state index in [2.05, 4.69) is 15.1 Å². The second-order valence-corrected chi connectivity index (χ2v) is 8.97. The monoisotopic (exact) mass is 479 g/mol. The van der Waals surface area contributed by atoms with Crippen molar-refractivity contribution in [2.45, 2.75) is 5.16 Å². The molecule has 1 amide bonds. The predicted octanol–water partition coefficient (Wildman–Crippen LogP) is 4.62. The first-order chi connectivity index (χ1) is 16.2. The highest BCUT2D eigenvalue weighted by atomic mass is 35.5. The van der Waals surface area contributed by atoms with Crippen LogP contribution in [-0.4, -0.2) is 57.5 Å². The molecule has 9 heteroatoms. The molecular weight excluding hydrogens is 458 g/mol. The molecule has 0 N–H and O–H groups in total. The Morgan fingerprint density at radius 3 is 2.45 bits per heavy atom. The van der Waals surface area contributed by atoms with Gasteiger partial charge in [-0.25, -0.2) is 0 Å². The molecule has 1 aliphatic rings. The molecule has 0 radical (unpaired) electrons. The number of piperazine rings is 1. The van der Waals surface area contributed by atoms with E-state index in [0.29, 0.717) is 35.6 Å². The van der Waals surface area contributed by atoms with E-state index >= 15 is 0 Å². The van der Waals surface area contributed by atoms with Crippen LogP contribution in [0, 0.1) is 0 Å². The van der Waals surface area contributed by atoms with E-state index in [4.69, 9.17) is 16.0 Å². The molecule has 0 aliphatic carbocycles. The van der Waals surface area contributed by atoms with Crippen LogP contribution in [-0.2, 0) is 4.79 Å². The van der Waals surface area contributed by atoms with E-state index in [0.717, 1.165) is 29.5 Å². The Morgan fingerprint density at radius 1 is 0.939 bits per heavy atom. The van der Waals surface area contributed by atoms with Crippen LogP contribution < -0.4 is 4.90 Å². The Bertz CT molecular complexity index is 1220. The van der Waals surface area contributed by atoms with Crippen molar-refractivity contribution >= 4 is 35.0 Å². The summed E-state index contributed by atoms with van der Waals surface area (Å²) in [6, 6.07) is 21.3. The standard InChI is InChI=1S/C24H22ClN5O2S/c25-18-6-4-9-20(16-18)28-11-13-29(14-12-28)22(31)17-33-24-27-26-23(21-10-5-15-32-21)30(24)19-7-2-1-3-8-19/h1-10,15-16H,11-14,17H2. The topological polar surface area (TPSA) is 67.4 Å². The lowest BCUT2D eigenvalue weighted by Gasteiger charge is -2.36. The van der Waals surface area contributed by atoms with Crippen molar-refractivity contribution in [2.24, 2.45) is 0 Å². The number of thioether (sulfide) groups is 1. The highest BCUT2D eigenvalue weighted by molar-refractivity contribution is 7.99. The normalized spacial score (nSPS) is 14.0. The van der Waals surface area contributed by atoms with Crippen molar-refractivity contribution in [3.8, 4) is 17.3 Å². The number of halogens is 1. The Hall–Kier alpha value is -3.23. The SMILES string of the molecule is O=C(CSc1nnc(-c2ccco2)n1-c1ccccc1)N1CCN(c2cccc(Cl)c2)CC1. The van der Waals surface area contributed by atoms with Crippen molar-refractivity contribution in [3.63, 3.8) is 0 Å². The summed E-state index contributed by atoms with van der Waals surface area (Å²) in [5.74, 6) is 1.62. The van der Waals surface area contributed by atoms with Gasteiger partial charge in [0.15, 0.2) is 10.9 Å². The first-order valence-corrected chi connectivity index (χ1v) is 12.0. The van der Waals surface area contributed by atoms with Gasteiger partial charge in [0.1, 0.15) is 0 Å². The van der Waals surface area contributed by atoms with Gasteiger partial charge in [-0.2, -0.15) is 0 Å². The van der Waals surface area contributed by atoms with Crippen LogP contribution >= 0.6 is 23.4 Å². The molecule has 2 aromatic heterocycles. The lowest BCUT2D eigenvalue weighted by atomic mass is 10.2. The fourth-order valence-corrected chi connectivity index (χ4v) is 4.88. The average Bonchev–Trinajstić information content (AvgIpc) is 3.53. The van der Waals surface area contributed by atoms with Gasteiger partial charge in [-0.3, -0.25) is 9.36 Å². The summed E-state index contributed by atoms with van der Waals surface area (Å²) >= 11 is 7.51. The largest absolute Gasteiger partial charge is 0.461 e. The van der Waals surface area contributed by atoms with E-state index in [1.807, 2.05) is 76.2 Å². The molecule has 168 valence electrons. The van der Waals surface area contributed by atoms with Crippen LogP contribution in [0.5, 0.6) is 0 Å². The summed E-state index contributed by atoms with van der Waals surface area (Å²) < 4.78 is 7.47. The third kappa shape index (κ3) is 4.77. The molecule has 1 fully saturated rings. The van der Waals surface area contributed by atoms with E-state index in [-0.39, 0.29) is 5.91 Å². The molecular formula is C24H22ClN5O2S. The van der Waals surface area contributed by atoms with Crippen LogP contribution in [0.4, 0.5) is 5.69 Å². The van der Waals surface area contributed by atoms with E-state index in [9.17, 15) is 4.79 Å². The minimum Gasteiger partial charge on any atom is -0.461 e. The van der Waals surface area contributed by atoms with Crippen LogP contribution in [0.1, 0.15) is 0 Å². The van der Waals surface area contributed by atoms with Gasteiger partial charge in [-0.1, -0.05) is 47.6 Å².